The molecule has 3 heteroatoms. The van der Waals surface area contributed by atoms with Gasteiger partial charge in [-0.2, -0.15) is 0 Å². The van der Waals surface area contributed by atoms with Crippen LogP contribution in [0.2, 0.25) is 0 Å². The Labute approximate surface area is 115 Å². The molecule has 0 spiro atoms. The molecule has 0 radical (unpaired) electrons. The third-order valence-corrected chi connectivity index (χ3v) is 6.37. The molecule has 19 heavy (non-hydrogen) atoms. The summed E-state index contributed by atoms with van der Waals surface area (Å²) in [5.41, 5.74) is 1.09. The molecule has 5 atom stereocenters. The number of methoxy groups -OCH3 is 1. The Balaban J connectivity index is 2.03. The lowest BCUT2D eigenvalue weighted by Gasteiger charge is -2.65. The molecule has 0 saturated heterocycles. The van der Waals surface area contributed by atoms with Crippen molar-refractivity contribution in [3.05, 3.63) is 11.6 Å². The van der Waals surface area contributed by atoms with Crippen molar-refractivity contribution >= 4 is 5.97 Å². The fourth-order valence-electron chi connectivity index (χ4n) is 5.43. The molecule has 0 aliphatic heterocycles. The molecule has 106 valence electrons. The summed E-state index contributed by atoms with van der Waals surface area (Å²) in [5, 5.41) is 9.63. The van der Waals surface area contributed by atoms with Gasteiger partial charge in [0.15, 0.2) is 0 Å². The van der Waals surface area contributed by atoms with Gasteiger partial charge in [-0.15, -0.1) is 0 Å². The highest BCUT2D eigenvalue weighted by atomic mass is 16.5. The Kier molecular flexibility index (Phi) is 2.83. The van der Waals surface area contributed by atoms with Gasteiger partial charge in [0.05, 0.1) is 19.1 Å². The number of hydrogen-bond donors (Lipinski definition) is 1. The Hall–Kier alpha value is -0.830. The molecule has 3 rings (SSSR count). The molecule has 3 nitrogen and oxygen atoms in total. The lowest BCUT2D eigenvalue weighted by Crippen LogP contribution is -2.63. The second-order valence-corrected chi connectivity index (χ2v) is 7.05. The van der Waals surface area contributed by atoms with Crippen molar-refractivity contribution in [2.75, 3.05) is 13.7 Å². The lowest BCUT2D eigenvalue weighted by atomic mass is 9.38. The van der Waals surface area contributed by atoms with Crippen molar-refractivity contribution in [1.29, 1.82) is 0 Å². The largest absolute Gasteiger partial charge is 0.469 e. The van der Waals surface area contributed by atoms with Gasteiger partial charge in [0.2, 0.25) is 0 Å². The van der Waals surface area contributed by atoms with Crippen LogP contribution in [0.1, 0.15) is 39.5 Å². The predicted octanol–water partition coefficient (Wildman–Crippen LogP) is 2.54. The highest BCUT2D eigenvalue weighted by Gasteiger charge is 2.68. The number of carbonyl (C=O) groups is 1. The van der Waals surface area contributed by atoms with Crippen molar-refractivity contribution in [2.45, 2.75) is 39.5 Å². The fourth-order valence-corrected chi connectivity index (χ4v) is 5.43. The van der Waals surface area contributed by atoms with Crippen LogP contribution >= 0.6 is 0 Å². The first kappa shape index (κ1) is 13.2. The highest BCUT2D eigenvalue weighted by Crippen LogP contribution is 2.72. The number of hydrogen-bond acceptors (Lipinski definition) is 3. The lowest BCUT2D eigenvalue weighted by molar-refractivity contribution is -0.182. The minimum Gasteiger partial charge on any atom is -0.469 e. The summed E-state index contributed by atoms with van der Waals surface area (Å²) in [7, 11) is 1.49. The van der Waals surface area contributed by atoms with E-state index >= 15 is 0 Å². The molecular formula is C16H24O3. The first-order valence-electron chi connectivity index (χ1n) is 7.37. The maximum atomic E-state index is 12.3. The first-order valence-corrected chi connectivity index (χ1v) is 7.37. The third-order valence-electron chi connectivity index (χ3n) is 6.37. The summed E-state index contributed by atoms with van der Waals surface area (Å²) in [4.78, 5) is 12.3. The molecule has 3 aliphatic rings. The van der Waals surface area contributed by atoms with Crippen LogP contribution in [0, 0.1) is 28.6 Å². The van der Waals surface area contributed by atoms with E-state index in [1.807, 2.05) is 0 Å². The molecule has 0 amide bonds. The number of ether oxygens (including phenoxy) is 1. The third kappa shape index (κ3) is 1.45. The van der Waals surface area contributed by atoms with Gasteiger partial charge in [-0.1, -0.05) is 19.4 Å². The van der Waals surface area contributed by atoms with Crippen molar-refractivity contribution in [3.8, 4) is 0 Å². The van der Waals surface area contributed by atoms with Gasteiger partial charge in [0.1, 0.15) is 0 Å². The molecule has 0 unspecified atom stereocenters. The average molecular weight is 264 g/mol. The molecule has 1 N–H and O–H groups in total. The minimum absolute atomic E-state index is 0.0596. The van der Waals surface area contributed by atoms with Gasteiger partial charge in [-0.05, 0) is 54.9 Å². The minimum atomic E-state index is -0.366. The van der Waals surface area contributed by atoms with Crippen LogP contribution in [0.5, 0.6) is 0 Å². The van der Waals surface area contributed by atoms with Crippen LogP contribution in [0.25, 0.3) is 0 Å². The Morgan fingerprint density at radius 3 is 2.84 bits per heavy atom. The second-order valence-electron chi connectivity index (χ2n) is 7.05. The van der Waals surface area contributed by atoms with E-state index in [1.165, 1.54) is 13.5 Å². The molecule has 2 saturated carbocycles. The second kappa shape index (κ2) is 4.08. The van der Waals surface area contributed by atoms with E-state index < -0.39 is 0 Å². The molecule has 0 heterocycles. The molecule has 0 aromatic rings. The van der Waals surface area contributed by atoms with Gasteiger partial charge < -0.3 is 9.84 Å². The van der Waals surface area contributed by atoms with E-state index in [2.05, 4.69) is 19.9 Å². The SMILES string of the molecule is COC(=O)[C@@]1(C)CCC[C@@]2(C)[C@@H]3C(CO)=CC[C@H]2[C@@H]31. The van der Waals surface area contributed by atoms with Crippen LogP contribution in [-0.2, 0) is 9.53 Å². The normalized spacial score (nSPS) is 47.8. The van der Waals surface area contributed by atoms with Gasteiger partial charge >= 0.3 is 5.97 Å². The standard InChI is InChI=1S/C16H24O3/c1-15-7-4-8-16(2,14(18)19-3)13-11(15)6-5-10(9-17)12(13)15/h5,11-13,17H,4,6-9H2,1-3H3/t11-,12+,13-,15+,16-/m0/s1. The maximum absolute atomic E-state index is 12.3. The van der Waals surface area contributed by atoms with Crippen LogP contribution in [0.4, 0.5) is 0 Å². The van der Waals surface area contributed by atoms with Gasteiger partial charge in [0.25, 0.3) is 0 Å². The zero-order valence-electron chi connectivity index (χ0n) is 12.1. The van der Waals surface area contributed by atoms with Gasteiger partial charge in [-0.25, -0.2) is 0 Å². The van der Waals surface area contributed by atoms with Gasteiger partial charge in [0, 0.05) is 0 Å². The molecule has 2 fully saturated rings. The van der Waals surface area contributed by atoms with E-state index in [0.29, 0.717) is 23.2 Å². The van der Waals surface area contributed by atoms with Crippen LogP contribution in [-0.4, -0.2) is 24.8 Å². The Morgan fingerprint density at radius 2 is 2.21 bits per heavy atom. The Bertz CT molecular complexity index is 441. The maximum Gasteiger partial charge on any atom is 0.311 e. The van der Waals surface area contributed by atoms with E-state index in [4.69, 9.17) is 4.74 Å². The van der Waals surface area contributed by atoms with Crippen molar-refractivity contribution in [1.82, 2.24) is 0 Å². The Morgan fingerprint density at radius 1 is 1.47 bits per heavy atom. The monoisotopic (exact) mass is 264 g/mol. The van der Waals surface area contributed by atoms with Crippen molar-refractivity contribution in [3.63, 3.8) is 0 Å². The smallest absolute Gasteiger partial charge is 0.311 e. The number of fused-ring (bicyclic) bond motifs is 1. The number of carbonyl (C=O) groups excluding carboxylic acids is 1. The van der Waals surface area contributed by atoms with Crippen molar-refractivity contribution in [2.24, 2.45) is 28.6 Å². The molecule has 4 bridgehead atoms. The molecule has 3 aliphatic carbocycles. The fraction of sp³-hybridized carbons (Fsp3) is 0.812. The summed E-state index contributed by atoms with van der Waals surface area (Å²) in [6.07, 6.45) is 6.40. The number of aliphatic hydroxyl groups excluding tert-OH is 1. The van der Waals surface area contributed by atoms with Crippen LogP contribution in [0.3, 0.4) is 0 Å². The molecular weight excluding hydrogens is 240 g/mol. The van der Waals surface area contributed by atoms with Crippen LogP contribution in [0.15, 0.2) is 11.6 Å². The number of esters is 1. The average Bonchev–Trinajstić information content (AvgIpc) is 2.63. The van der Waals surface area contributed by atoms with E-state index in [1.54, 1.807) is 0 Å². The zero-order valence-corrected chi connectivity index (χ0v) is 12.1. The summed E-state index contributed by atoms with van der Waals surface area (Å²) >= 11 is 0. The van der Waals surface area contributed by atoms with Crippen LogP contribution < -0.4 is 0 Å². The summed E-state index contributed by atoms with van der Waals surface area (Å²) < 4.78 is 5.09. The predicted molar refractivity (Wildman–Crippen MR) is 72.3 cm³/mol. The first-order chi connectivity index (χ1) is 8.99. The summed E-state index contributed by atoms with van der Waals surface area (Å²) in [6.45, 7) is 4.57. The van der Waals surface area contributed by atoms with E-state index in [9.17, 15) is 9.90 Å². The quantitative estimate of drug-likeness (QED) is 0.616. The van der Waals surface area contributed by atoms with E-state index in [-0.39, 0.29) is 18.0 Å². The molecule has 0 aromatic carbocycles. The highest BCUT2D eigenvalue weighted by molar-refractivity contribution is 5.77. The zero-order chi connectivity index (χ0) is 13.8. The van der Waals surface area contributed by atoms with Gasteiger partial charge in [-0.3, -0.25) is 4.79 Å². The summed E-state index contributed by atoms with van der Waals surface area (Å²) in [5.74, 6) is 1.26. The van der Waals surface area contributed by atoms with E-state index in [0.717, 1.165) is 24.8 Å². The number of allylic oxidation sites excluding steroid dienone is 1. The number of aliphatic hydroxyl groups is 1. The van der Waals surface area contributed by atoms with Crippen molar-refractivity contribution < 1.29 is 14.6 Å². The topological polar surface area (TPSA) is 46.5 Å². The summed E-state index contributed by atoms with van der Waals surface area (Å²) in [6, 6.07) is 0. The number of rotatable bonds is 2. The molecule has 0 aromatic heterocycles.